The second-order valence-corrected chi connectivity index (χ2v) is 6.69. The average Bonchev–Trinajstić information content (AvgIpc) is 2.36. The number of hydrogen-bond donors (Lipinski definition) is 0. The first-order chi connectivity index (χ1) is 8.56. The fourth-order valence-electron chi connectivity index (χ4n) is 2.54. The van der Waals surface area contributed by atoms with Crippen LogP contribution in [0.2, 0.25) is 0 Å². The lowest BCUT2D eigenvalue weighted by Gasteiger charge is -2.36. The summed E-state index contributed by atoms with van der Waals surface area (Å²) in [5, 5.41) is 0. The summed E-state index contributed by atoms with van der Waals surface area (Å²) < 4.78 is 16.5. The van der Waals surface area contributed by atoms with Gasteiger partial charge in [0.25, 0.3) is 0 Å². The Morgan fingerprint density at radius 1 is 1.39 bits per heavy atom. The maximum Gasteiger partial charge on any atom is 0.235 e. The second kappa shape index (κ2) is 7.89. The number of hydrogen-bond acceptors (Lipinski definition) is 3. The average molecular weight is 275 g/mol. The van der Waals surface area contributed by atoms with Crippen LogP contribution in [0.5, 0.6) is 0 Å². The Bertz CT molecular complexity index is 296. The molecule has 0 heterocycles. The van der Waals surface area contributed by atoms with Crippen molar-refractivity contribution < 1.29 is 13.7 Å². The fraction of sp³-hybridized carbons (Fsp3) is 0.923. The lowest BCUT2D eigenvalue weighted by molar-refractivity contribution is -0.130. The van der Waals surface area contributed by atoms with E-state index in [1.807, 2.05) is 11.9 Å². The predicted octanol–water partition coefficient (Wildman–Crippen LogP) is 1.42. The maximum absolute atomic E-state index is 12.1. The molecule has 0 aromatic carbocycles. The third-order valence-corrected chi connectivity index (χ3v) is 4.95. The smallest absolute Gasteiger partial charge is 0.235 e. The maximum atomic E-state index is 12.1. The molecule has 0 saturated heterocycles. The van der Waals surface area contributed by atoms with Gasteiger partial charge in [-0.2, -0.15) is 0 Å². The van der Waals surface area contributed by atoms with Crippen molar-refractivity contribution in [3.63, 3.8) is 0 Å². The van der Waals surface area contributed by atoms with Crippen molar-refractivity contribution in [1.82, 2.24) is 4.90 Å². The first-order valence-corrected chi connectivity index (χ1v) is 8.14. The normalized spacial score (nSPS) is 25.7. The second-order valence-electron chi connectivity index (χ2n) is 5.11. The van der Waals surface area contributed by atoms with Gasteiger partial charge in [0, 0.05) is 36.8 Å². The fourth-order valence-corrected chi connectivity index (χ4v) is 3.52. The lowest BCUT2D eigenvalue weighted by atomic mass is 9.85. The van der Waals surface area contributed by atoms with Crippen LogP contribution in [-0.2, 0) is 20.3 Å². The zero-order valence-corrected chi connectivity index (χ0v) is 12.5. The van der Waals surface area contributed by atoms with Crippen molar-refractivity contribution in [2.24, 2.45) is 5.92 Å². The number of ether oxygens (including phenoxy) is 1. The third-order valence-electron chi connectivity index (χ3n) is 3.76. The van der Waals surface area contributed by atoms with E-state index >= 15 is 0 Å². The molecule has 4 nitrogen and oxygen atoms in total. The molecule has 1 aliphatic carbocycles. The molecule has 0 radical (unpaired) electrons. The summed E-state index contributed by atoms with van der Waals surface area (Å²) in [7, 11) is 2.33. The number of rotatable bonds is 6. The standard InChI is InChI=1S/C13H25NO3S/c1-11-6-4-5-7-12(11)14(2)13(15)10-18(16)9-8-17-3/h11-12H,4-10H2,1-3H3/t11-,12+,18+/m0/s1. The number of methoxy groups -OCH3 is 1. The number of carbonyl (C=O) groups is 1. The summed E-state index contributed by atoms with van der Waals surface area (Å²) in [5.74, 6) is 1.13. The number of carbonyl (C=O) groups excluding carboxylic acids is 1. The molecule has 0 aliphatic heterocycles. The van der Waals surface area contributed by atoms with Crippen LogP contribution in [0.4, 0.5) is 0 Å². The third kappa shape index (κ3) is 4.69. The minimum atomic E-state index is -1.10. The first kappa shape index (κ1) is 15.6. The van der Waals surface area contributed by atoms with E-state index in [0.29, 0.717) is 24.3 Å². The van der Waals surface area contributed by atoms with Gasteiger partial charge in [-0.1, -0.05) is 19.8 Å². The molecular formula is C13H25NO3S. The molecule has 1 fully saturated rings. The minimum Gasteiger partial charge on any atom is -0.384 e. The molecule has 1 aliphatic rings. The van der Waals surface area contributed by atoms with E-state index in [4.69, 9.17) is 4.74 Å². The van der Waals surface area contributed by atoms with Gasteiger partial charge in [-0.25, -0.2) is 0 Å². The summed E-state index contributed by atoms with van der Waals surface area (Å²) in [6, 6.07) is 0.325. The molecule has 1 saturated carbocycles. The minimum absolute atomic E-state index is 0.00295. The summed E-state index contributed by atoms with van der Waals surface area (Å²) in [6.07, 6.45) is 4.72. The molecule has 0 bridgehead atoms. The van der Waals surface area contributed by atoms with Crippen molar-refractivity contribution in [2.45, 2.75) is 38.6 Å². The molecule has 5 heteroatoms. The van der Waals surface area contributed by atoms with Gasteiger partial charge in [0.2, 0.25) is 5.91 Å². The highest BCUT2D eigenvalue weighted by molar-refractivity contribution is 7.85. The molecule has 106 valence electrons. The Balaban J connectivity index is 2.42. The molecule has 0 spiro atoms. The lowest BCUT2D eigenvalue weighted by Crippen LogP contribution is -2.44. The van der Waals surface area contributed by atoms with E-state index < -0.39 is 10.8 Å². The highest BCUT2D eigenvalue weighted by Crippen LogP contribution is 2.27. The van der Waals surface area contributed by atoms with Crippen LogP contribution in [0.25, 0.3) is 0 Å². The Kier molecular flexibility index (Phi) is 6.86. The van der Waals surface area contributed by atoms with Crippen LogP contribution in [0, 0.1) is 5.92 Å². The quantitative estimate of drug-likeness (QED) is 0.736. The first-order valence-electron chi connectivity index (χ1n) is 6.65. The van der Waals surface area contributed by atoms with E-state index in [2.05, 4.69) is 6.92 Å². The predicted molar refractivity (Wildman–Crippen MR) is 73.9 cm³/mol. The molecule has 1 rings (SSSR count). The van der Waals surface area contributed by atoms with E-state index in [0.717, 1.165) is 6.42 Å². The molecule has 0 aromatic rings. The van der Waals surface area contributed by atoms with E-state index in [-0.39, 0.29) is 11.7 Å². The van der Waals surface area contributed by atoms with Gasteiger partial charge in [0.15, 0.2) is 0 Å². The Hall–Kier alpha value is -0.420. The number of nitrogens with zero attached hydrogens (tertiary/aromatic N) is 1. The Morgan fingerprint density at radius 3 is 2.67 bits per heavy atom. The van der Waals surface area contributed by atoms with Crippen molar-refractivity contribution in [3.8, 4) is 0 Å². The van der Waals surface area contributed by atoms with Gasteiger partial charge in [0.1, 0.15) is 5.75 Å². The van der Waals surface area contributed by atoms with Crippen LogP contribution >= 0.6 is 0 Å². The number of amides is 1. The van der Waals surface area contributed by atoms with Crippen LogP contribution < -0.4 is 0 Å². The van der Waals surface area contributed by atoms with Crippen LogP contribution in [0.1, 0.15) is 32.6 Å². The monoisotopic (exact) mass is 275 g/mol. The summed E-state index contributed by atoms with van der Waals surface area (Å²) in [6.45, 7) is 2.65. The Morgan fingerprint density at radius 2 is 2.06 bits per heavy atom. The summed E-state index contributed by atoms with van der Waals surface area (Å²) in [4.78, 5) is 13.9. The van der Waals surface area contributed by atoms with Crippen molar-refractivity contribution in [3.05, 3.63) is 0 Å². The van der Waals surface area contributed by atoms with Gasteiger partial charge >= 0.3 is 0 Å². The van der Waals surface area contributed by atoms with Gasteiger partial charge in [-0.15, -0.1) is 0 Å². The van der Waals surface area contributed by atoms with Gasteiger partial charge < -0.3 is 9.64 Å². The van der Waals surface area contributed by atoms with E-state index in [1.54, 1.807) is 7.11 Å². The van der Waals surface area contributed by atoms with E-state index in [1.165, 1.54) is 19.3 Å². The van der Waals surface area contributed by atoms with Gasteiger partial charge in [-0.05, 0) is 18.8 Å². The van der Waals surface area contributed by atoms with Crippen LogP contribution in [0.15, 0.2) is 0 Å². The molecule has 0 aromatic heterocycles. The molecule has 18 heavy (non-hydrogen) atoms. The zero-order valence-electron chi connectivity index (χ0n) is 11.7. The van der Waals surface area contributed by atoms with Crippen LogP contribution in [0.3, 0.4) is 0 Å². The van der Waals surface area contributed by atoms with E-state index in [9.17, 15) is 9.00 Å². The Labute approximate surface area is 113 Å². The summed E-state index contributed by atoms with van der Waals surface area (Å²) in [5.41, 5.74) is 0. The van der Waals surface area contributed by atoms with Crippen molar-refractivity contribution >= 4 is 16.7 Å². The van der Waals surface area contributed by atoms with Crippen molar-refractivity contribution in [1.29, 1.82) is 0 Å². The van der Waals surface area contributed by atoms with Gasteiger partial charge in [0.05, 0.1) is 6.61 Å². The molecule has 3 atom stereocenters. The van der Waals surface area contributed by atoms with Crippen LogP contribution in [-0.4, -0.2) is 53.3 Å². The van der Waals surface area contributed by atoms with Crippen molar-refractivity contribution in [2.75, 3.05) is 32.3 Å². The highest BCUT2D eigenvalue weighted by atomic mass is 32.2. The highest BCUT2D eigenvalue weighted by Gasteiger charge is 2.28. The topological polar surface area (TPSA) is 46.6 Å². The SMILES string of the molecule is COCC[S@@](=O)CC(=O)N(C)[C@@H]1CCCC[C@@H]1C. The molecular weight excluding hydrogens is 250 g/mol. The zero-order chi connectivity index (χ0) is 13.5. The largest absolute Gasteiger partial charge is 0.384 e. The molecule has 0 N–H and O–H groups in total. The van der Waals surface area contributed by atoms with Gasteiger partial charge in [-0.3, -0.25) is 9.00 Å². The summed E-state index contributed by atoms with van der Waals surface area (Å²) >= 11 is 0. The molecule has 1 amide bonds. The molecule has 0 unspecified atom stereocenters.